The van der Waals surface area contributed by atoms with Crippen LogP contribution in [0.4, 0.5) is 5.13 Å². The van der Waals surface area contributed by atoms with E-state index in [0.717, 1.165) is 54.9 Å². The number of benzene rings is 1. The summed E-state index contributed by atoms with van der Waals surface area (Å²) in [6.07, 6.45) is 2.86. The lowest BCUT2D eigenvalue weighted by atomic mass is 10.1. The Bertz CT molecular complexity index is 799. The molecule has 1 aliphatic heterocycles. The molecule has 1 N–H and O–H groups in total. The zero-order chi connectivity index (χ0) is 20.5. The molecular formula is C21H28N4O3S. The fourth-order valence-electron chi connectivity index (χ4n) is 2.72. The van der Waals surface area contributed by atoms with Crippen LogP contribution in [-0.4, -0.2) is 50.0 Å². The molecule has 1 amide bonds. The molecule has 0 bridgehead atoms. The number of aromatic nitrogens is 1. The molecular weight excluding hydrogens is 388 g/mol. The minimum Gasteiger partial charge on any atom is -0.494 e. The summed E-state index contributed by atoms with van der Waals surface area (Å²) in [5, 5.41) is 6.90. The van der Waals surface area contributed by atoms with Gasteiger partial charge in [0.05, 0.1) is 38.1 Å². The van der Waals surface area contributed by atoms with Gasteiger partial charge in [0.2, 0.25) is 5.91 Å². The number of carbonyl (C=O) groups is 1. The maximum atomic E-state index is 12.1. The molecule has 1 aromatic carbocycles. The first-order valence-corrected chi connectivity index (χ1v) is 10.8. The van der Waals surface area contributed by atoms with E-state index in [1.807, 2.05) is 29.6 Å². The Morgan fingerprint density at radius 3 is 2.83 bits per heavy atom. The first kappa shape index (κ1) is 21.3. The number of amides is 1. The van der Waals surface area contributed by atoms with Gasteiger partial charge in [0.1, 0.15) is 5.75 Å². The van der Waals surface area contributed by atoms with E-state index in [1.54, 1.807) is 17.6 Å². The summed E-state index contributed by atoms with van der Waals surface area (Å²) in [6, 6.07) is 7.64. The van der Waals surface area contributed by atoms with Crippen molar-refractivity contribution in [2.45, 2.75) is 26.7 Å². The number of hydrazone groups is 1. The molecule has 156 valence electrons. The molecule has 1 aliphatic rings. The van der Waals surface area contributed by atoms with Crippen molar-refractivity contribution in [1.29, 1.82) is 0 Å². The second kappa shape index (κ2) is 10.9. The van der Waals surface area contributed by atoms with Gasteiger partial charge in [-0.1, -0.05) is 13.8 Å². The van der Waals surface area contributed by atoms with Crippen LogP contribution in [0.5, 0.6) is 5.75 Å². The van der Waals surface area contributed by atoms with Crippen molar-refractivity contribution in [3.05, 3.63) is 40.9 Å². The molecule has 2 aromatic rings. The number of morpholine rings is 1. The fourth-order valence-corrected chi connectivity index (χ4v) is 3.60. The Morgan fingerprint density at radius 1 is 1.34 bits per heavy atom. The molecule has 2 heterocycles. The number of hydrogen-bond donors (Lipinski definition) is 1. The van der Waals surface area contributed by atoms with Gasteiger partial charge in [-0.25, -0.2) is 10.4 Å². The van der Waals surface area contributed by atoms with Crippen LogP contribution in [0.1, 0.15) is 31.5 Å². The molecule has 0 aliphatic carbocycles. The Hall–Kier alpha value is -2.45. The smallest absolute Gasteiger partial charge is 0.246 e. The number of carbonyl (C=O) groups excluding carboxylic acids is 1. The van der Waals surface area contributed by atoms with Crippen molar-refractivity contribution in [3.8, 4) is 5.75 Å². The summed E-state index contributed by atoms with van der Waals surface area (Å²) >= 11 is 1.56. The zero-order valence-electron chi connectivity index (χ0n) is 17.0. The Balaban J connectivity index is 1.42. The summed E-state index contributed by atoms with van der Waals surface area (Å²) in [7, 11) is 0. The zero-order valence-corrected chi connectivity index (χ0v) is 17.8. The lowest BCUT2D eigenvalue weighted by Crippen LogP contribution is -2.36. The van der Waals surface area contributed by atoms with E-state index >= 15 is 0 Å². The third kappa shape index (κ3) is 7.14. The highest BCUT2D eigenvalue weighted by Crippen LogP contribution is 2.21. The predicted molar refractivity (Wildman–Crippen MR) is 116 cm³/mol. The van der Waals surface area contributed by atoms with Gasteiger partial charge in [-0.2, -0.15) is 5.10 Å². The van der Waals surface area contributed by atoms with Gasteiger partial charge in [0.15, 0.2) is 5.13 Å². The molecule has 0 saturated carbocycles. The first-order chi connectivity index (χ1) is 14.1. The molecule has 0 spiro atoms. The largest absolute Gasteiger partial charge is 0.494 e. The van der Waals surface area contributed by atoms with E-state index in [9.17, 15) is 4.79 Å². The highest BCUT2D eigenvalue weighted by Gasteiger charge is 2.15. The van der Waals surface area contributed by atoms with Gasteiger partial charge in [0, 0.05) is 18.5 Å². The third-order valence-electron chi connectivity index (χ3n) is 4.41. The van der Waals surface area contributed by atoms with Crippen molar-refractivity contribution in [2.75, 3.05) is 37.8 Å². The second-order valence-electron chi connectivity index (χ2n) is 7.29. The van der Waals surface area contributed by atoms with Crippen molar-refractivity contribution in [3.63, 3.8) is 0 Å². The maximum Gasteiger partial charge on any atom is 0.246 e. The van der Waals surface area contributed by atoms with Crippen LogP contribution >= 0.6 is 11.3 Å². The highest BCUT2D eigenvalue weighted by molar-refractivity contribution is 7.13. The van der Waals surface area contributed by atoms with Crippen LogP contribution in [0, 0.1) is 5.92 Å². The van der Waals surface area contributed by atoms with Crippen LogP contribution < -0.4 is 15.1 Å². The second-order valence-corrected chi connectivity index (χ2v) is 8.13. The normalized spacial score (nSPS) is 14.5. The van der Waals surface area contributed by atoms with E-state index < -0.39 is 0 Å². The quantitative estimate of drug-likeness (QED) is 0.502. The average molecular weight is 417 g/mol. The lowest BCUT2D eigenvalue weighted by Gasteiger charge is -2.26. The molecule has 0 unspecified atom stereocenters. The minimum absolute atomic E-state index is 0.186. The van der Waals surface area contributed by atoms with Gasteiger partial charge in [-0.15, -0.1) is 11.3 Å². The molecule has 7 nitrogen and oxygen atoms in total. The van der Waals surface area contributed by atoms with E-state index in [-0.39, 0.29) is 12.3 Å². The predicted octanol–water partition coefficient (Wildman–Crippen LogP) is 3.10. The van der Waals surface area contributed by atoms with E-state index in [2.05, 4.69) is 34.3 Å². The fraction of sp³-hybridized carbons (Fsp3) is 0.476. The number of nitrogens with one attached hydrogen (secondary N) is 1. The summed E-state index contributed by atoms with van der Waals surface area (Å²) in [4.78, 5) is 18.8. The molecule has 0 radical (unpaired) electrons. The van der Waals surface area contributed by atoms with Gasteiger partial charge in [0.25, 0.3) is 0 Å². The van der Waals surface area contributed by atoms with Crippen LogP contribution in [0.2, 0.25) is 0 Å². The Labute approximate surface area is 175 Å². The van der Waals surface area contributed by atoms with Gasteiger partial charge >= 0.3 is 0 Å². The number of anilines is 1. The number of ether oxygens (including phenoxy) is 2. The lowest BCUT2D eigenvalue weighted by molar-refractivity contribution is -0.120. The monoisotopic (exact) mass is 416 g/mol. The number of rotatable bonds is 9. The van der Waals surface area contributed by atoms with Crippen molar-refractivity contribution >= 4 is 28.6 Å². The molecule has 8 heteroatoms. The summed E-state index contributed by atoms with van der Waals surface area (Å²) in [5.41, 5.74) is 4.21. The van der Waals surface area contributed by atoms with E-state index in [4.69, 9.17) is 9.47 Å². The van der Waals surface area contributed by atoms with Crippen molar-refractivity contribution < 1.29 is 14.3 Å². The van der Waals surface area contributed by atoms with Crippen LogP contribution in [-0.2, 0) is 16.0 Å². The number of nitrogens with zero attached hydrogens (tertiary/aromatic N) is 3. The van der Waals surface area contributed by atoms with Crippen molar-refractivity contribution in [2.24, 2.45) is 11.0 Å². The highest BCUT2D eigenvalue weighted by atomic mass is 32.1. The van der Waals surface area contributed by atoms with Gasteiger partial charge < -0.3 is 14.4 Å². The molecule has 29 heavy (non-hydrogen) atoms. The van der Waals surface area contributed by atoms with E-state index in [1.165, 1.54) is 0 Å². The standard InChI is InChI=1S/C21H28N4O3S/c1-16(2)7-10-28-19-5-3-17(4-6-19)14-22-24-20(26)13-18-15-29-21(23-18)25-8-11-27-12-9-25/h3-6,14-16H,7-13H2,1-2H3,(H,24,26)/b22-14-. The molecule has 3 rings (SSSR count). The summed E-state index contributed by atoms with van der Waals surface area (Å²) in [5.74, 6) is 1.28. The SMILES string of the molecule is CC(C)CCOc1ccc(/C=N\NC(=O)Cc2csc(N3CCOCC3)n2)cc1. The van der Waals surface area contributed by atoms with Crippen LogP contribution in [0.25, 0.3) is 0 Å². The molecule has 0 atom stereocenters. The summed E-state index contributed by atoms with van der Waals surface area (Å²) in [6.45, 7) is 8.18. The number of thiazole rings is 1. The molecule has 1 aromatic heterocycles. The molecule has 1 fully saturated rings. The Morgan fingerprint density at radius 2 is 2.10 bits per heavy atom. The maximum absolute atomic E-state index is 12.1. The van der Waals surface area contributed by atoms with Crippen molar-refractivity contribution in [1.82, 2.24) is 10.4 Å². The topological polar surface area (TPSA) is 76.0 Å². The number of hydrogen-bond acceptors (Lipinski definition) is 7. The van der Waals surface area contributed by atoms with Crippen LogP contribution in [0.15, 0.2) is 34.7 Å². The van der Waals surface area contributed by atoms with Gasteiger partial charge in [-0.05, 0) is 42.2 Å². The first-order valence-electron chi connectivity index (χ1n) is 9.92. The van der Waals surface area contributed by atoms with Gasteiger partial charge in [-0.3, -0.25) is 4.79 Å². The minimum atomic E-state index is -0.186. The molecule has 1 saturated heterocycles. The van der Waals surface area contributed by atoms with E-state index in [0.29, 0.717) is 12.5 Å². The Kier molecular flexibility index (Phi) is 8.01. The summed E-state index contributed by atoms with van der Waals surface area (Å²) < 4.78 is 11.0. The third-order valence-corrected chi connectivity index (χ3v) is 5.36. The van der Waals surface area contributed by atoms with Crippen LogP contribution in [0.3, 0.4) is 0 Å². The average Bonchev–Trinajstić information content (AvgIpc) is 3.18.